The van der Waals surface area contributed by atoms with Gasteiger partial charge in [-0.05, 0) is 38.5 Å². The first-order valence-electron chi connectivity index (χ1n) is 7.22. The van der Waals surface area contributed by atoms with Gasteiger partial charge in [-0.15, -0.1) is 11.3 Å². The molecule has 3 heterocycles. The molecule has 0 amide bonds. The van der Waals surface area contributed by atoms with Crippen LogP contribution in [0.1, 0.15) is 33.7 Å². The molecule has 0 N–H and O–H groups in total. The minimum atomic E-state index is -0.510. The average molecular weight is 332 g/mol. The smallest absolute Gasteiger partial charge is 0.374 e. The topological polar surface area (TPSA) is 74.3 Å². The molecule has 3 rings (SSSR count). The second-order valence-electron chi connectivity index (χ2n) is 5.13. The standard InChI is InChI=1S/C16H16N2O4S/c1-4-21-16(20)12-6-5-11(22-12)7-18-8-17-14-13(15(18)19)9(2)10(3)23-14/h5-6,8H,4,7H2,1-3H3. The molecule has 0 aliphatic heterocycles. The summed E-state index contributed by atoms with van der Waals surface area (Å²) in [5.74, 6) is 0.122. The third-order valence-electron chi connectivity index (χ3n) is 3.62. The molecule has 0 saturated carbocycles. The van der Waals surface area contributed by atoms with Gasteiger partial charge in [0.25, 0.3) is 5.56 Å². The highest BCUT2D eigenvalue weighted by molar-refractivity contribution is 7.18. The Kier molecular flexibility index (Phi) is 4.04. The monoisotopic (exact) mass is 332 g/mol. The van der Waals surface area contributed by atoms with Crippen LogP contribution in [0.4, 0.5) is 0 Å². The maximum atomic E-state index is 12.6. The van der Waals surface area contributed by atoms with E-state index in [1.807, 2.05) is 13.8 Å². The second-order valence-corrected chi connectivity index (χ2v) is 6.33. The van der Waals surface area contributed by atoms with Crippen LogP contribution in [0.15, 0.2) is 27.7 Å². The largest absolute Gasteiger partial charge is 0.460 e. The number of hydrogen-bond donors (Lipinski definition) is 0. The van der Waals surface area contributed by atoms with Crippen molar-refractivity contribution in [3.05, 3.63) is 50.8 Å². The summed E-state index contributed by atoms with van der Waals surface area (Å²) >= 11 is 1.51. The lowest BCUT2D eigenvalue weighted by atomic mass is 10.2. The van der Waals surface area contributed by atoms with Crippen molar-refractivity contribution in [1.82, 2.24) is 9.55 Å². The molecule has 7 heteroatoms. The van der Waals surface area contributed by atoms with Crippen LogP contribution < -0.4 is 5.56 Å². The summed E-state index contributed by atoms with van der Waals surface area (Å²) < 4.78 is 11.8. The maximum absolute atomic E-state index is 12.6. The van der Waals surface area contributed by atoms with E-state index in [2.05, 4.69) is 4.98 Å². The summed E-state index contributed by atoms with van der Waals surface area (Å²) in [6.07, 6.45) is 1.51. The number of fused-ring (bicyclic) bond motifs is 1. The number of nitrogens with zero attached hydrogens (tertiary/aromatic N) is 2. The molecule has 0 saturated heterocycles. The molecular formula is C16H16N2O4S. The third kappa shape index (κ3) is 2.79. The Morgan fingerprint density at radius 2 is 2.17 bits per heavy atom. The first kappa shape index (κ1) is 15.5. The zero-order valence-corrected chi connectivity index (χ0v) is 13.9. The van der Waals surface area contributed by atoms with Gasteiger partial charge < -0.3 is 9.15 Å². The summed E-state index contributed by atoms with van der Waals surface area (Å²) in [7, 11) is 0. The molecule has 0 atom stereocenters. The summed E-state index contributed by atoms with van der Waals surface area (Å²) in [6.45, 7) is 6.13. The van der Waals surface area contributed by atoms with E-state index in [0.29, 0.717) is 11.1 Å². The SMILES string of the molecule is CCOC(=O)c1ccc(Cn2cnc3sc(C)c(C)c3c2=O)o1. The number of hydrogen-bond acceptors (Lipinski definition) is 6. The van der Waals surface area contributed by atoms with Crippen molar-refractivity contribution in [2.75, 3.05) is 6.61 Å². The van der Waals surface area contributed by atoms with Crippen LogP contribution in [-0.2, 0) is 11.3 Å². The number of thiophene rings is 1. The van der Waals surface area contributed by atoms with Crippen molar-refractivity contribution >= 4 is 27.5 Å². The number of esters is 1. The zero-order chi connectivity index (χ0) is 16.6. The molecule has 0 radical (unpaired) electrons. The highest BCUT2D eigenvalue weighted by Crippen LogP contribution is 2.25. The van der Waals surface area contributed by atoms with E-state index in [1.54, 1.807) is 19.1 Å². The maximum Gasteiger partial charge on any atom is 0.374 e. The van der Waals surface area contributed by atoms with Gasteiger partial charge in [0.15, 0.2) is 0 Å². The number of aryl methyl sites for hydroxylation is 2. The van der Waals surface area contributed by atoms with Gasteiger partial charge in [0.1, 0.15) is 10.6 Å². The first-order valence-corrected chi connectivity index (χ1v) is 8.04. The molecule has 6 nitrogen and oxygen atoms in total. The molecule has 0 unspecified atom stereocenters. The van der Waals surface area contributed by atoms with Gasteiger partial charge in [0, 0.05) is 4.88 Å². The molecule has 3 aromatic heterocycles. The number of rotatable bonds is 4. The zero-order valence-electron chi connectivity index (χ0n) is 13.1. The van der Waals surface area contributed by atoms with Crippen LogP contribution in [0.25, 0.3) is 10.2 Å². The first-order chi connectivity index (χ1) is 11.0. The van der Waals surface area contributed by atoms with Crippen LogP contribution in [0.5, 0.6) is 0 Å². The number of furan rings is 1. The number of ether oxygens (including phenoxy) is 1. The number of aromatic nitrogens is 2. The lowest BCUT2D eigenvalue weighted by Crippen LogP contribution is -2.20. The molecule has 0 fully saturated rings. The van der Waals surface area contributed by atoms with E-state index in [0.717, 1.165) is 15.3 Å². The Morgan fingerprint density at radius 1 is 1.39 bits per heavy atom. The Labute approximate surface area is 136 Å². The Hall–Kier alpha value is -2.41. The fraction of sp³-hybridized carbons (Fsp3) is 0.312. The van der Waals surface area contributed by atoms with E-state index in [-0.39, 0.29) is 24.5 Å². The summed E-state index contributed by atoms with van der Waals surface area (Å²) in [5.41, 5.74) is 0.856. The van der Waals surface area contributed by atoms with Crippen molar-refractivity contribution in [3.63, 3.8) is 0 Å². The third-order valence-corrected chi connectivity index (χ3v) is 4.74. The average Bonchev–Trinajstić information content (AvgIpc) is 3.09. The fourth-order valence-corrected chi connectivity index (χ4v) is 3.31. The highest BCUT2D eigenvalue weighted by atomic mass is 32.1. The fourth-order valence-electron chi connectivity index (χ4n) is 2.33. The summed E-state index contributed by atoms with van der Waals surface area (Å²) in [6, 6.07) is 3.21. The van der Waals surface area contributed by atoms with Gasteiger partial charge in [-0.2, -0.15) is 0 Å². The molecular weight excluding hydrogens is 316 g/mol. The van der Waals surface area contributed by atoms with Crippen molar-refractivity contribution < 1.29 is 13.9 Å². The Morgan fingerprint density at radius 3 is 2.91 bits per heavy atom. The Balaban J connectivity index is 1.93. The minimum Gasteiger partial charge on any atom is -0.460 e. The Bertz CT molecular complexity index is 935. The lowest BCUT2D eigenvalue weighted by Gasteiger charge is -2.03. The minimum absolute atomic E-state index is 0.106. The molecule has 3 aromatic rings. The van der Waals surface area contributed by atoms with Gasteiger partial charge in [-0.3, -0.25) is 9.36 Å². The molecule has 0 aromatic carbocycles. The molecule has 0 aliphatic rings. The predicted octanol–water partition coefficient (Wildman–Crippen LogP) is 2.89. The lowest BCUT2D eigenvalue weighted by molar-refractivity contribution is 0.0488. The normalized spacial score (nSPS) is 11.1. The molecule has 120 valence electrons. The van der Waals surface area contributed by atoms with Crippen LogP contribution in [0, 0.1) is 13.8 Å². The molecule has 0 aliphatic carbocycles. The van der Waals surface area contributed by atoms with Gasteiger partial charge in [-0.1, -0.05) is 0 Å². The molecule has 0 bridgehead atoms. The molecule has 23 heavy (non-hydrogen) atoms. The van der Waals surface area contributed by atoms with Crippen LogP contribution in [0.3, 0.4) is 0 Å². The van der Waals surface area contributed by atoms with E-state index < -0.39 is 5.97 Å². The van der Waals surface area contributed by atoms with Crippen molar-refractivity contribution in [3.8, 4) is 0 Å². The highest BCUT2D eigenvalue weighted by Gasteiger charge is 2.15. The number of carbonyl (C=O) groups is 1. The summed E-state index contributed by atoms with van der Waals surface area (Å²) in [4.78, 5) is 30.4. The van der Waals surface area contributed by atoms with Gasteiger partial charge >= 0.3 is 5.97 Å². The predicted molar refractivity (Wildman–Crippen MR) is 87.1 cm³/mol. The van der Waals surface area contributed by atoms with E-state index in [1.165, 1.54) is 22.2 Å². The van der Waals surface area contributed by atoms with Crippen molar-refractivity contribution in [2.24, 2.45) is 0 Å². The van der Waals surface area contributed by atoms with Gasteiger partial charge in [0.05, 0.1) is 24.9 Å². The van der Waals surface area contributed by atoms with Crippen LogP contribution >= 0.6 is 11.3 Å². The second kappa shape index (κ2) is 6.00. The quantitative estimate of drug-likeness (QED) is 0.687. The van der Waals surface area contributed by atoms with E-state index in [4.69, 9.17) is 9.15 Å². The van der Waals surface area contributed by atoms with Crippen molar-refractivity contribution in [2.45, 2.75) is 27.3 Å². The van der Waals surface area contributed by atoms with Crippen LogP contribution in [0.2, 0.25) is 0 Å². The van der Waals surface area contributed by atoms with Gasteiger partial charge in [-0.25, -0.2) is 9.78 Å². The van der Waals surface area contributed by atoms with Crippen LogP contribution in [-0.4, -0.2) is 22.1 Å². The van der Waals surface area contributed by atoms with Gasteiger partial charge in [0.2, 0.25) is 5.76 Å². The van der Waals surface area contributed by atoms with Crippen molar-refractivity contribution in [1.29, 1.82) is 0 Å². The summed E-state index contributed by atoms with van der Waals surface area (Å²) in [5, 5.41) is 0.646. The molecule has 0 spiro atoms. The van der Waals surface area contributed by atoms with E-state index >= 15 is 0 Å². The van der Waals surface area contributed by atoms with E-state index in [9.17, 15) is 9.59 Å². The number of carbonyl (C=O) groups excluding carboxylic acids is 1.